The van der Waals surface area contributed by atoms with Gasteiger partial charge in [-0.15, -0.1) is 0 Å². The molecule has 5 nitrogen and oxygen atoms in total. The quantitative estimate of drug-likeness (QED) is 0.652. The Morgan fingerprint density at radius 2 is 2.19 bits per heavy atom. The Kier molecular flexibility index (Phi) is 4.89. The third-order valence-corrected chi connectivity index (χ3v) is 2.84. The van der Waals surface area contributed by atoms with Crippen LogP contribution in [0.5, 0.6) is 0 Å². The molecule has 0 aliphatic heterocycles. The molecule has 0 bridgehead atoms. The van der Waals surface area contributed by atoms with Crippen LogP contribution in [0.1, 0.15) is 19.0 Å². The van der Waals surface area contributed by atoms with Crippen molar-refractivity contribution in [3.05, 3.63) is 47.8 Å². The molecule has 1 aromatic heterocycles. The average molecular weight is 280 g/mol. The summed E-state index contributed by atoms with van der Waals surface area (Å²) in [6, 6.07) is 11.6. The number of nitrogens with zero attached hydrogens (tertiary/aromatic N) is 2. The van der Waals surface area contributed by atoms with E-state index in [1.165, 1.54) is 6.08 Å². The first-order chi connectivity index (χ1) is 10.2. The van der Waals surface area contributed by atoms with Gasteiger partial charge in [0, 0.05) is 12.1 Å². The molecule has 5 heteroatoms. The number of benzene rings is 1. The third-order valence-electron chi connectivity index (χ3n) is 2.84. The summed E-state index contributed by atoms with van der Waals surface area (Å²) < 4.78 is 0. The van der Waals surface area contributed by atoms with Gasteiger partial charge in [-0.3, -0.25) is 4.79 Å². The maximum Gasteiger partial charge on any atom is 0.262 e. The van der Waals surface area contributed by atoms with Crippen molar-refractivity contribution >= 4 is 12.0 Å². The van der Waals surface area contributed by atoms with E-state index in [0.717, 1.165) is 12.0 Å². The van der Waals surface area contributed by atoms with Gasteiger partial charge in [-0.05, 0) is 12.5 Å². The summed E-state index contributed by atoms with van der Waals surface area (Å²) in [5.41, 5.74) is 1.63. The second-order valence-electron chi connectivity index (χ2n) is 4.48. The number of nitriles is 1. The van der Waals surface area contributed by atoms with Crippen molar-refractivity contribution in [3.8, 4) is 17.5 Å². The molecular weight excluding hydrogens is 264 g/mol. The predicted molar refractivity (Wildman–Crippen MR) is 80.9 cm³/mol. The van der Waals surface area contributed by atoms with Crippen molar-refractivity contribution in [2.24, 2.45) is 0 Å². The van der Waals surface area contributed by atoms with Crippen molar-refractivity contribution in [1.82, 2.24) is 15.3 Å². The molecule has 0 radical (unpaired) electrons. The second kappa shape index (κ2) is 7.06. The van der Waals surface area contributed by atoms with Gasteiger partial charge in [0.1, 0.15) is 17.5 Å². The van der Waals surface area contributed by atoms with E-state index in [0.29, 0.717) is 18.1 Å². The van der Waals surface area contributed by atoms with Crippen molar-refractivity contribution in [2.75, 3.05) is 6.54 Å². The van der Waals surface area contributed by atoms with Crippen molar-refractivity contribution < 1.29 is 4.79 Å². The number of rotatable bonds is 5. The van der Waals surface area contributed by atoms with Gasteiger partial charge in [0.2, 0.25) is 0 Å². The van der Waals surface area contributed by atoms with E-state index in [4.69, 9.17) is 5.26 Å². The van der Waals surface area contributed by atoms with Crippen LogP contribution in [-0.2, 0) is 4.79 Å². The third kappa shape index (κ3) is 3.80. The van der Waals surface area contributed by atoms with Gasteiger partial charge in [-0.25, -0.2) is 4.98 Å². The van der Waals surface area contributed by atoms with Gasteiger partial charge in [-0.1, -0.05) is 37.3 Å². The summed E-state index contributed by atoms with van der Waals surface area (Å²) >= 11 is 0. The van der Waals surface area contributed by atoms with E-state index in [1.807, 2.05) is 43.3 Å². The van der Waals surface area contributed by atoms with E-state index < -0.39 is 0 Å². The second-order valence-corrected chi connectivity index (χ2v) is 4.48. The minimum Gasteiger partial charge on any atom is -0.351 e. The van der Waals surface area contributed by atoms with Gasteiger partial charge in [0.15, 0.2) is 0 Å². The first-order valence-electron chi connectivity index (χ1n) is 6.75. The van der Waals surface area contributed by atoms with Gasteiger partial charge < -0.3 is 10.3 Å². The van der Waals surface area contributed by atoms with Crippen LogP contribution in [0.4, 0.5) is 0 Å². The SMILES string of the molecule is CCCNC(=O)/C(C#N)=C/c1cnc(-c2ccccc2)[nH]1. The maximum atomic E-state index is 11.8. The number of carbonyl (C=O) groups excluding carboxylic acids is 1. The number of hydrogen-bond donors (Lipinski definition) is 2. The Labute approximate surface area is 123 Å². The molecule has 2 rings (SSSR count). The molecule has 1 aromatic carbocycles. The highest BCUT2D eigenvalue weighted by atomic mass is 16.1. The zero-order valence-corrected chi connectivity index (χ0v) is 11.8. The predicted octanol–water partition coefficient (Wildman–Crippen LogP) is 2.51. The monoisotopic (exact) mass is 280 g/mol. The van der Waals surface area contributed by atoms with Gasteiger partial charge in [-0.2, -0.15) is 5.26 Å². The smallest absolute Gasteiger partial charge is 0.262 e. The van der Waals surface area contributed by atoms with Crippen molar-refractivity contribution in [2.45, 2.75) is 13.3 Å². The summed E-state index contributed by atoms with van der Waals surface area (Å²) in [7, 11) is 0. The molecule has 0 saturated heterocycles. The molecule has 0 unspecified atom stereocenters. The van der Waals surface area contributed by atoms with Crippen LogP contribution in [0, 0.1) is 11.3 Å². The Morgan fingerprint density at radius 3 is 2.86 bits per heavy atom. The summed E-state index contributed by atoms with van der Waals surface area (Å²) in [5, 5.41) is 11.7. The first-order valence-corrected chi connectivity index (χ1v) is 6.75. The number of H-pyrrole nitrogens is 1. The van der Waals surface area contributed by atoms with Crippen LogP contribution in [-0.4, -0.2) is 22.4 Å². The van der Waals surface area contributed by atoms with Crippen LogP contribution < -0.4 is 5.32 Å². The summed E-state index contributed by atoms with van der Waals surface area (Å²) in [4.78, 5) is 19.1. The maximum absolute atomic E-state index is 11.8. The van der Waals surface area contributed by atoms with Crippen LogP contribution in [0.3, 0.4) is 0 Å². The Balaban J connectivity index is 2.19. The minimum absolute atomic E-state index is 0.0618. The zero-order valence-electron chi connectivity index (χ0n) is 11.8. The Bertz CT molecular complexity index is 680. The number of nitrogens with one attached hydrogen (secondary N) is 2. The number of carbonyl (C=O) groups is 1. The number of aromatic amines is 1. The van der Waals surface area contributed by atoms with Crippen molar-refractivity contribution in [1.29, 1.82) is 5.26 Å². The lowest BCUT2D eigenvalue weighted by Gasteiger charge is -2.00. The van der Waals surface area contributed by atoms with Crippen LogP contribution in [0.25, 0.3) is 17.5 Å². The van der Waals surface area contributed by atoms with E-state index in [-0.39, 0.29) is 11.5 Å². The summed E-state index contributed by atoms with van der Waals surface area (Å²) in [6.07, 6.45) is 3.93. The lowest BCUT2D eigenvalue weighted by atomic mass is 10.2. The van der Waals surface area contributed by atoms with E-state index in [2.05, 4.69) is 15.3 Å². The molecule has 2 N–H and O–H groups in total. The fraction of sp³-hybridized carbons (Fsp3) is 0.188. The molecule has 0 aliphatic rings. The van der Waals surface area contributed by atoms with E-state index in [1.54, 1.807) is 6.20 Å². The van der Waals surface area contributed by atoms with Gasteiger partial charge in [0.05, 0.1) is 11.9 Å². The largest absolute Gasteiger partial charge is 0.351 e. The lowest BCUT2D eigenvalue weighted by molar-refractivity contribution is -0.117. The van der Waals surface area contributed by atoms with Crippen LogP contribution >= 0.6 is 0 Å². The van der Waals surface area contributed by atoms with E-state index >= 15 is 0 Å². The Morgan fingerprint density at radius 1 is 1.43 bits per heavy atom. The van der Waals surface area contributed by atoms with Crippen LogP contribution in [0.15, 0.2) is 42.1 Å². The molecular formula is C16H16N4O. The zero-order chi connectivity index (χ0) is 15.1. The number of hydrogen-bond acceptors (Lipinski definition) is 3. The molecule has 0 aliphatic carbocycles. The molecule has 21 heavy (non-hydrogen) atoms. The van der Waals surface area contributed by atoms with Crippen LogP contribution in [0.2, 0.25) is 0 Å². The molecule has 1 heterocycles. The number of amides is 1. The highest BCUT2D eigenvalue weighted by molar-refractivity contribution is 6.01. The molecule has 1 amide bonds. The molecule has 2 aromatic rings. The summed E-state index contributed by atoms with van der Waals surface area (Å²) in [5.74, 6) is 0.336. The van der Waals surface area contributed by atoms with Crippen molar-refractivity contribution in [3.63, 3.8) is 0 Å². The fourth-order valence-corrected chi connectivity index (χ4v) is 1.79. The summed E-state index contributed by atoms with van der Waals surface area (Å²) in [6.45, 7) is 2.51. The highest BCUT2D eigenvalue weighted by Crippen LogP contribution is 2.16. The fourth-order valence-electron chi connectivity index (χ4n) is 1.79. The Hall–Kier alpha value is -2.87. The van der Waals surface area contributed by atoms with Gasteiger partial charge >= 0.3 is 0 Å². The normalized spacial score (nSPS) is 11.0. The van der Waals surface area contributed by atoms with Gasteiger partial charge in [0.25, 0.3) is 5.91 Å². The lowest BCUT2D eigenvalue weighted by Crippen LogP contribution is -2.25. The minimum atomic E-state index is -0.366. The topological polar surface area (TPSA) is 81.6 Å². The first kappa shape index (κ1) is 14.5. The molecule has 0 saturated carbocycles. The average Bonchev–Trinajstić information content (AvgIpc) is 2.99. The number of aromatic nitrogens is 2. The molecule has 0 fully saturated rings. The van der Waals surface area contributed by atoms with E-state index in [9.17, 15) is 4.79 Å². The molecule has 106 valence electrons. The molecule has 0 spiro atoms. The number of imidazole rings is 1. The molecule has 0 atom stereocenters. The highest BCUT2D eigenvalue weighted by Gasteiger charge is 2.09. The standard InChI is InChI=1S/C16H16N4O/c1-2-8-18-16(21)13(10-17)9-14-11-19-15(20-14)12-6-4-3-5-7-12/h3-7,9,11H,2,8H2,1H3,(H,18,21)(H,19,20)/b13-9+.